The molecule has 0 bridgehead atoms. The maximum absolute atomic E-state index is 13.0. The highest BCUT2D eigenvalue weighted by molar-refractivity contribution is 6.26. The molecule has 2 amide bonds. The zero-order valence-corrected chi connectivity index (χ0v) is 14.9. The molecule has 6 nitrogen and oxygen atoms in total. The molecule has 0 unspecified atom stereocenters. The first-order valence-electron chi connectivity index (χ1n) is 8.50. The number of halogens is 3. The molecule has 0 N–H and O–H groups in total. The molecule has 2 aromatic carbocycles. The van der Waals surface area contributed by atoms with Gasteiger partial charge in [-0.25, -0.2) is 9.91 Å². The highest BCUT2D eigenvalue weighted by Crippen LogP contribution is 2.37. The summed E-state index contributed by atoms with van der Waals surface area (Å²) in [5, 5.41) is 8.74. The second kappa shape index (κ2) is 6.15. The lowest BCUT2D eigenvalue weighted by Crippen LogP contribution is -2.40. The van der Waals surface area contributed by atoms with E-state index in [1.165, 1.54) is 12.1 Å². The van der Waals surface area contributed by atoms with E-state index < -0.39 is 35.6 Å². The Morgan fingerprint density at radius 2 is 1.61 bits per heavy atom. The normalized spacial score (nSPS) is 21.6. The summed E-state index contributed by atoms with van der Waals surface area (Å²) in [7, 11) is 0. The number of rotatable bonds is 2. The Bertz CT molecular complexity index is 998. The summed E-state index contributed by atoms with van der Waals surface area (Å²) in [4.78, 5) is 26.8. The van der Waals surface area contributed by atoms with Crippen LogP contribution in [0.4, 0.5) is 24.5 Å². The molecule has 144 valence electrons. The number of fused-ring (bicyclic) bond motifs is 1. The van der Waals surface area contributed by atoms with Crippen molar-refractivity contribution in [2.75, 3.05) is 9.91 Å². The zero-order chi connectivity index (χ0) is 20.2. The first-order chi connectivity index (χ1) is 13.2. The molecule has 0 aliphatic carbocycles. The Kier molecular flexibility index (Phi) is 3.99. The minimum Gasteiger partial charge on any atom is -0.271 e. The van der Waals surface area contributed by atoms with Gasteiger partial charge in [0, 0.05) is 0 Å². The number of imide groups is 1. The van der Waals surface area contributed by atoms with Gasteiger partial charge in [0.1, 0.15) is 0 Å². The number of carbonyl (C=O) groups excluding carboxylic acids is 2. The Hall–Kier alpha value is -3.23. The van der Waals surface area contributed by atoms with Crippen LogP contribution in [0.3, 0.4) is 0 Å². The molecule has 2 heterocycles. The molecule has 2 aliphatic rings. The van der Waals surface area contributed by atoms with E-state index in [2.05, 4.69) is 10.3 Å². The summed E-state index contributed by atoms with van der Waals surface area (Å²) in [6.07, 6.45) is -4.53. The number of nitrogens with zero attached hydrogens (tertiary/aromatic N) is 4. The monoisotopic (exact) mass is 388 g/mol. The van der Waals surface area contributed by atoms with Crippen molar-refractivity contribution in [2.45, 2.75) is 32.1 Å². The van der Waals surface area contributed by atoms with E-state index in [0.29, 0.717) is 5.69 Å². The van der Waals surface area contributed by atoms with Crippen LogP contribution in [0.1, 0.15) is 16.7 Å². The van der Waals surface area contributed by atoms with Gasteiger partial charge in [-0.05, 0) is 55.3 Å². The van der Waals surface area contributed by atoms with Crippen molar-refractivity contribution in [3.05, 3.63) is 59.2 Å². The van der Waals surface area contributed by atoms with Crippen molar-refractivity contribution >= 4 is 23.2 Å². The van der Waals surface area contributed by atoms with Crippen LogP contribution >= 0.6 is 0 Å². The summed E-state index contributed by atoms with van der Waals surface area (Å²) in [6.45, 7) is 3.69. The Morgan fingerprint density at radius 1 is 0.929 bits per heavy atom. The van der Waals surface area contributed by atoms with Gasteiger partial charge in [-0.2, -0.15) is 18.3 Å². The van der Waals surface area contributed by atoms with E-state index in [1.807, 2.05) is 19.9 Å². The summed E-state index contributed by atoms with van der Waals surface area (Å²) in [5.74, 6) is -1.11. The van der Waals surface area contributed by atoms with E-state index in [1.54, 1.807) is 12.1 Å². The summed E-state index contributed by atoms with van der Waals surface area (Å²) in [6, 6.07) is 7.57. The van der Waals surface area contributed by atoms with E-state index in [9.17, 15) is 22.8 Å². The molecule has 2 atom stereocenters. The largest absolute Gasteiger partial charge is 0.416 e. The van der Waals surface area contributed by atoms with E-state index in [-0.39, 0.29) is 5.69 Å². The van der Waals surface area contributed by atoms with Gasteiger partial charge in [-0.15, -0.1) is 0 Å². The van der Waals surface area contributed by atoms with Crippen molar-refractivity contribution in [3.63, 3.8) is 0 Å². The minimum atomic E-state index is -4.53. The van der Waals surface area contributed by atoms with Crippen LogP contribution < -0.4 is 9.91 Å². The molecule has 0 aromatic heterocycles. The third kappa shape index (κ3) is 2.83. The van der Waals surface area contributed by atoms with Gasteiger partial charge in [0.05, 0.1) is 16.9 Å². The SMILES string of the molecule is Cc1cc(C)cc(N2C(=O)[C@@H]3N=NN(c4cccc(C(F)(F)F)c4)[C@H]3C2=O)c1. The van der Waals surface area contributed by atoms with Crippen LogP contribution in [-0.4, -0.2) is 23.9 Å². The van der Waals surface area contributed by atoms with Crippen molar-refractivity contribution in [1.82, 2.24) is 0 Å². The summed E-state index contributed by atoms with van der Waals surface area (Å²) < 4.78 is 39.1. The van der Waals surface area contributed by atoms with Crippen LogP contribution in [0.5, 0.6) is 0 Å². The number of amides is 2. The van der Waals surface area contributed by atoms with Crippen LogP contribution in [0.2, 0.25) is 0 Å². The highest BCUT2D eigenvalue weighted by atomic mass is 19.4. The van der Waals surface area contributed by atoms with Crippen LogP contribution in [-0.2, 0) is 15.8 Å². The lowest BCUT2D eigenvalue weighted by Gasteiger charge is -2.21. The Labute approximate surface area is 158 Å². The maximum atomic E-state index is 13.0. The summed E-state index contributed by atoms with van der Waals surface area (Å²) in [5.41, 5.74) is 1.36. The van der Waals surface area contributed by atoms with Gasteiger partial charge in [0.2, 0.25) is 0 Å². The van der Waals surface area contributed by atoms with Gasteiger partial charge in [0.25, 0.3) is 11.8 Å². The number of aryl methyl sites for hydroxylation is 2. The second-order valence-electron chi connectivity index (χ2n) is 6.85. The topological polar surface area (TPSA) is 65.3 Å². The predicted molar refractivity (Wildman–Crippen MR) is 94.8 cm³/mol. The number of anilines is 2. The molecular formula is C19H15F3N4O2. The lowest BCUT2D eigenvalue weighted by molar-refractivity contribution is -0.137. The molecule has 2 aromatic rings. The molecule has 0 saturated carbocycles. The molecule has 28 heavy (non-hydrogen) atoms. The maximum Gasteiger partial charge on any atom is 0.416 e. The van der Waals surface area contributed by atoms with Gasteiger partial charge < -0.3 is 0 Å². The molecule has 2 aliphatic heterocycles. The molecule has 4 rings (SSSR count). The quantitative estimate of drug-likeness (QED) is 0.735. The van der Waals surface area contributed by atoms with E-state index in [0.717, 1.165) is 33.2 Å². The third-order valence-corrected chi connectivity index (χ3v) is 4.68. The fraction of sp³-hybridized carbons (Fsp3) is 0.263. The van der Waals surface area contributed by atoms with E-state index in [4.69, 9.17) is 0 Å². The van der Waals surface area contributed by atoms with Crippen molar-refractivity contribution in [2.24, 2.45) is 10.3 Å². The molecule has 9 heteroatoms. The minimum absolute atomic E-state index is 0.0505. The lowest BCUT2D eigenvalue weighted by atomic mass is 10.1. The van der Waals surface area contributed by atoms with Gasteiger partial charge >= 0.3 is 6.18 Å². The number of hydrogen-bond acceptors (Lipinski definition) is 5. The first-order valence-corrected chi connectivity index (χ1v) is 8.50. The van der Waals surface area contributed by atoms with Crippen LogP contribution in [0.15, 0.2) is 52.8 Å². The first kappa shape index (κ1) is 18.1. The van der Waals surface area contributed by atoms with Crippen molar-refractivity contribution < 1.29 is 22.8 Å². The van der Waals surface area contributed by atoms with Crippen molar-refractivity contribution in [1.29, 1.82) is 0 Å². The number of alkyl halides is 3. The standard InChI is InChI=1S/C19H15F3N4O2/c1-10-6-11(2)8-14(7-10)25-17(27)15-16(18(25)28)26(24-23-15)13-5-3-4-12(9-13)19(20,21)22/h3-9,15-16H,1-2H3/t15-,16-/m1/s1. The Balaban J connectivity index is 1.71. The van der Waals surface area contributed by atoms with Gasteiger partial charge in [-0.1, -0.05) is 17.4 Å². The Morgan fingerprint density at radius 3 is 2.25 bits per heavy atom. The average Bonchev–Trinajstić information content (AvgIpc) is 3.14. The molecule has 0 radical (unpaired) electrons. The fourth-order valence-corrected chi connectivity index (χ4v) is 3.53. The molecular weight excluding hydrogens is 373 g/mol. The fourth-order valence-electron chi connectivity index (χ4n) is 3.53. The highest BCUT2D eigenvalue weighted by Gasteiger charge is 2.55. The molecule has 1 saturated heterocycles. The molecule has 1 fully saturated rings. The number of carbonyl (C=O) groups is 2. The van der Waals surface area contributed by atoms with Gasteiger partial charge in [-0.3, -0.25) is 9.59 Å². The predicted octanol–water partition coefficient (Wildman–Crippen LogP) is 3.82. The smallest absolute Gasteiger partial charge is 0.271 e. The average molecular weight is 388 g/mol. The van der Waals surface area contributed by atoms with Crippen LogP contribution in [0, 0.1) is 13.8 Å². The number of hydrogen-bond donors (Lipinski definition) is 0. The summed E-state index contributed by atoms with van der Waals surface area (Å²) >= 11 is 0. The van der Waals surface area contributed by atoms with Gasteiger partial charge in [0.15, 0.2) is 12.1 Å². The number of benzene rings is 2. The molecule has 0 spiro atoms. The van der Waals surface area contributed by atoms with Crippen molar-refractivity contribution in [3.8, 4) is 0 Å². The zero-order valence-electron chi connectivity index (χ0n) is 14.9. The third-order valence-electron chi connectivity index (χ3n) is 4.68. The van der Waals surface area contributed by atoms with Crippen LogP contribution in [0.25, 0.3) is 0 Å². The van der Waals surface area contributed by atoms with E-state index >= 15 is 0 Å². The second-order valence-corrected chi connectivity index (χ2v) is 6.85.